The number of aromatic nitrogens is 2. The lowest BCUT2D eigenvalue weighted by Gasteiger charge is -2.31. The van der Waals surface area contributed by atoms with Gasteiger partial charge in [0.1, 0.15) is 0 Å². The Balaban J connectivity index is 1.84. The molecule has 1 amide bonds. The molecule has 0 aromatic carbocycles. The molecule has 138 valence electrons. The van der Waals surface area contributed by atoms with Crippen molar-refractivity contribution in [1.29, 1.82) is 0 Å². The third-order valence-corrected chi connectivity index (χ3v) is 5.71. The van der Waals surface area contributed by atoms with Crippen LogP contribution in [0.4, 0.5) is 0 Å². The molecule has 0 saturated carbocycles. The van der Waals surface area contributed by atoms with Gasteiger partial charge in [0, 0.05) is 30.4 Å². The first-order valence-corrected chi connectivity index (χ1v) is 9.84. The fourth-order valence-electron chi connectivity index (χ4n) is 4.15. The third kappa shape index (κ3) is 3.81. The molecule has 1 unspecified atom stereocenters. The fraction of sp³-hybridized carbons (Fsp3) is 0.700. The second kappa shape index (κ2) is 8.17. The van der Waals surface area contributed by atoms with Gasteiger partial charge in [0.2, 0.25) is 0 Å². The molecule has 2 heterocycles. The van der Waals surface area contributed by atoms with E-state index >= 15 is 0 Å². The van der Waals surface area contributed by atoms with Crippen LogP contribution in [0.5, 0.6) is 0 Å². The van der Waals surface area contributed by atoms with Crippen LogP contribution in [0.3, 0.4) is 0 Å². The molecule has 0 spiro atoms. The summed E-state index contributed by atoms with van der Waals surface area (Å²) in [6.07, 6.45) is 9.65. The normalized spacial score (nSPS) is 20.1. The van der Waals surface area contributed by atoms with Gasteiger partial charge in [-0.15, -0.1) is 6.58 Å². The van der Waals surface area contributed by atoms with Crippen molar-refractivity contribution in [2.45, 2.75) is 64.5 Å². The van der Waals surface area contributed by atoms with Crippen LogP contribution >= 0.6 is 0 Å². The number of rotatable bonds is 7. The molecule has 1 aromatic heterocycles. The van der Waals surface area contributed by atoms with E-state index in [1.54, 1.807) is 0 Å². The number of likely N-dealkylation sites (tertiary alicyclic amines) is 1. The molecule has 0 radical (unpaired) electrons. The smallest absolute Gasteiger partial charge is 0.274 e. The topological polar surface area (TPSA) is 41.4 Å². The Morgan fingerprint density at radius 1 is 1.40 bits per heavy atom. The molecule has 2 aliphatic rings. The first-order chi connectivity index (χ1) is 12.2. The summed E-state index contributed by atoms with van der Waals surface area (Å²) < 4.78 is 2.01. The maximum Gasteiger partial charge on any atom is 0.274 e. The molecule has 5 nitrogen and oxygen atoms in total. The largest absolute Gasteiger partial charge is 0.337 e. The Bertz CT molecular complexity index is 615. The van der Waals surface area contributed by atoms with Gasteiger partial charge in [-0.05, 0) is 52.1 Å². The zero-order chi connectivity index (χ0) is 17.8. The summed E-state index contributed by atoms with van der Waals surface area (Å²) in [5, 5.41) is 4.72. The second-order valence-electron chi connectivity index (χ2n) is 7.47. The molecule has 1 aliphatic heterocycles. The number of allylic oxidation sites excluding steroid dienone is 1. The molecular formula is C20H32N4O. The molecule has 1 aromatic rings. The second-order valence-corrected chi connectivity index (χ2v) is 7.47. The van der Waals surface area contributed by atoms with Gasteiger partial charge in [0.25, 0.3) is 5.91 Å². The van der Waals surface area contributed by atoms with E-state index in [2.05, 4.69) is 25.5 Å². The van der Waals surface area contributed by atoms with Crippen molar-refractivity contribution in [3.63, 3.8) is 0 Å². The van der Waals surface area contributed by atoms with Crippen molar-refractivity contribution in [2.75, 3.05) is 26.7 Å². The zero-order valence-corrected chi connectivity index (χ0v) is 15.8. The number of carbonyl (C=O) groups excluding carboxylic acids is 1. The van der Waals surface area contributed by atoms with E-state index in [-0.39, 0.29) is 5.91 Å². The Morgan fingerprint density at radius 2 is 2.16 bits per heavy atom. The fourth-order valence-corrected chi connectivity index (χ4v) is 4.15. The Hall–Kier alpha value is -1.62. The Kier molecular flexibility index (Phi) is 5.94. The monoisotopic (exact) mass is 344 g/mol. The highest BCUT2D eigenvalue weighted by Gasteiger charge is 2.32. The van der Waals surface area contributed by atoms with Gasteiger partial charge in [-0.2, -0.15) is 5.10 Å². The Labute approximate surface area is 151 Å². The summed E-state index contributed by atoms with van der Waals surface area (Å²) in [5.41, 5.74) is 3.15. The maximum atomic E-state index is 13.0. The number of hydrogen-bond donors (Lipinski definition) is 0. The first-order valence-electron chi connectivity index (χ1n) is 9.84. The van der Waals surface area contributed by atoms with Gasteiger partial charge in [0.15, 0.2) is 5.69 Å². The SMILES string of the molecule is C=CCn1nc(C(=O)N2CCCC2)c2c1CCC(N(C)CCCC)C2. The lowest BCUT2D eigenvalue weighted by molar-refractivity contribution is 0.0784. The van der Waals surface area contributed by atoms with E-state index in [1.165, 1.54) is 24.1 Å². The number of unbranched alkanes of at least 4 members (excludes halogenated alkanes) is 1. The minimum absolute atomic E-state index is 0.133. The number of fused-ring (bicyclic) bond motifs is 1. The summed E-state index contributed by atoms with van der Waals surface area (Å²) in [6, 6.07) is 0.519. The van der Waals surface area contributed by atoms with Crippen LogP contribution in [0.1, 0.15) is 60.8 Å². The number of likely N-dealkylation sites (N-methyl/N-ethyl adjacent to an activating group) is 1. The van der Waals surface area contributed by atoms with Crippen LogP contribution in [0.15, 0.2) is 12.7 Å². The molecule has 0 N–H and O–H groups in total. The van der Waals surface area contributed by atoms with Gasteiger partial charge < -0.3 is 9.80 Å². The average molecular weight is 345 g/mol. The van der Waals surface area contributed by atoms with E-state index in [9.17, 15) is 4.79 Å². The average Bonchev–Trinajstić information content (AvgIpc) is 3.27. The summed E-state index contributed by atoms with van der Waals surface area (Å²) in [7, 11) is 2.22. The minimum Gasteiger partial charge on any atom is -0.337 e. The van der Waals surface area contributed by atoms with Crippen LogP contribution < -0.4 is 0 Å². The number of hydrogen-bond acceptors (Lipinski definition) is 3. The van der Waals surface area contributed by atoms with Crippen LogP contribution in [0.25, 0.3) is 0 Å². The highest BCUT2D eigenvalue weighted by Crippen LogP contribution is 2.28. The third-order valence-electron chi connectivity index (χ3n) is 5.71. The van der Waals surface area contributed by atoms with E-state index in [1.807, 2.05) is 15.7 Å². The van der Waals surface area contributed by atoms with Gasteiger partial charge in [-0.25, -0.2) is 0 Å². The van der Waals surface area contributed by atoms with Crippen LogP contribution in [0.2, 0.25) is 0 Å². The first kappa shape index (κ1) is 18.2. The molecule has 25 heavy (non-hydrogen) atoms. The standard InChI is InChI=1S/C20H32N4O/c1-4-6-12-22(3)16-9-10-18-17(15-16)19(21-24(18)11-5-2)20(25)23-13-7-8-14-23/h5,16H,2,4,6-15H2,1,3H3. The van der Waals surface area contributed by atoms with Crippen LogP contribution in [-0.2, 0) is 19.4 Å². The molecular weight excluding hydrogens is 312 g/mol. The van der Waals surface area contributed by atoms with Crippen LogP contribution in [-0.4, -0.2) is 58.2 Å². The predicted molar refractivity (Wildman–Crippen MR) is 101 cm³/mol. The lowest BCUT2D eigenvalue weighted by Crippen LogP contribution is -2.38. The molecule has 1 fully saturated rings. The lowest BCUT2D eigenvalue weighted by atomic mass is 9.90. The van der Waals surface area contributed by atoms with Gasteiger partial charge >= 0.3 is 0 Å². The van der Waals surface area contributed by atoms with Crippen molar-refractivity contribution in [2.24, 2.45) is 0 Å². The summed E-state index contributed by atoms with van der Waals surface area (Å²) >= 11 is 0. The molecule has 3 rings (SSSR count). The van der Waals surface area contributed by atoms with Crippen molar-refractivity contribution in [3.8, 4) is 0 Å². The maximum absolute atomic E-state index is 13.0. The number of amides is 1. The van der Waals surface area contributed by atoms with Gasteiger partial charge in [0.05, 0.1) is 6.54 Å². The van der Waals surface area contributed by atoms with E-state index in [4.69, 9.17) is 5.10 Å². The van der Waals surface area contributed by atoms with Gasteiger partial charge in [-0.1, -0.05) is 19.4 Å². The zero-order valence-electron chi connectivity index (χ0n) is 15.8. The summed E-state index contributed by atoms with van der Waals surface area (Å²) in [6.45, 7) is 9.66. The number of nitrogens with zero attached hydrogens (tertiary/aromatic N) is 4. The van der Waals surface area contributed by atoms with Crippen molar-refractivity contribution in [1.82, 2.24) is 19.6 Å². The van der Waals surface area contributed by atoms with Crippen LogP contribution in [0, 0.1) is 0 Å². The minimum atomic E-state index is 0.133. The highest BCUT2D eigenvalue weighted by atomic mass is 16.2. The van der Waals surface area contributed by atoms with E-state index in [0.717, 1.165) is 51.7 Å². The summed E-state index contributed by atoms with van der Waals surface area (Å²) in [5.74, 6) is 0.133. The molecule has 0 bridgehead atoms. The molecule has 1 aliphatic carbocycles. The van der Waals surface area contributed by atoms with E-state index in [0.29, 0.717) is 18.3 Å². The van der Waals surface area contributed by atoms with Crippen molar-refractivity contribution in [3.05, 3.63) is 29.6 Å². The van der Waals surface area contributed by atoms with E-state index < -0.39 is 0 Å². The molecule has 1 saturated heterocycles. The van der Waals surface area contributed by atoms with Crippen molar-refractivity contribution >= 4 is 5.91 Å². The molecule has 5 heteroatoms. The number of carbonyl (C=O) groups is 1. The summed E-state index contributed by atoms with van der Waals surface area (Å²) in [4.78, 5) is 17.4. The van der Waals surface area contributed by atoms with Gasteiger partial charge in [-0.3, -0.25) is 9.48 Å². The molecule has 1 atom stereocenters. The quantitative estimate of drug-likeness (QED) is 0.714. The van der Waals surface area contributed by atoms with Crippen molar-refractivity contribution < 1.29 is 4.79 Å². The highest BCUT2D eigenvalue weighted by molar-refractivity contribution is 5.94. The predicted octanol–water partition coefficient (Wildman–Crippen LogP) is 2.89. The Morgan fingerprint density at radius 3 is 2.84 bits per heavy atom.